The third-order valence-corrected chi connectivity index (χ3v) is 6.20. The van der Waals surface area contributed by atoms with Gasteiger partial charge in [-0.1, -0.05) is 18.6 Å². The Morgan fingerprint density at radius 3 is 2.69 bits per heavy atom. The van der Waals surface area contributed by atoms with Crippen molar-refractivity contribution in [2.75, 3.05) is 51.3 Å². The van der Waals surface area contributed by atoms with Crippen LogP contribution in [0.1, 0.15) is 35.3 Å². The highest BCUT2D eigenvalue weighted by Gasteiger charge is 2.17. The van der Waals surface area contributed by atoms with Crippen molar-refractivity contribution in [3.05, 3.63) is 59.9 Å². The monoisotopic (exact) mass is 435 g/mol. The molecule has 1 N–H and O–H groups in total. The van der Waals surface area contributed by atoms with Gasteiger partial charge in [0.2, 0.25) is 0 Å². The fourth-order valence-corrected chi connectivity index (χ4v) is 4.29. The Morgan fingerprint density at radius 2 is 1.88 bits per heavy atom. The summed E-state index contributed by atoms with van der Waals surface area (Å²) in [6, 6.07) is 14.2. The molecule has 0 spiro atoms. The molecule has 7 nitrogen and oxygen atoms in total. The van der Waals surface area contributed by atoms with Crippen LogP contribution >= 0.6 is 0 Å². The zero-order valence-corrected chi connectivity index (χ0v) is 19.1. The molecule has 1 aliphatic heterocycles. The summed E-state index contributed by atoms with van der Waals surface area (Å²) in [4.78, 5) is 17.5. The molecule has 32 heavy (non-hydrogen) atoms. The van der Waals surface area contributed by atoms with Crippen LogP contribution in [-0.2, 0) is 0 Å². The molecule has 0 saturated carbocycles. The number of benzene rings is 1. The van der Waals surface area contributed by atoms with Crippen molar-refractivity contribution in [3.8, 4) is 5.75 Å². The van der Waals surface area contributed by atoms with E-state index in [1.54, 1.807) is 13.3 Å². The van der Waals surface area contributed by atoms with E-state index in [2.05, 4.69) is 38.4 Å². The summed E-state index contributed by atoms with van der Waals surface area (Å²) in [5, 5.41) is 7.37. The van der Waals surface area contributed by atoms with Crippen LogP contribution in [0.2, 0.25) is 0 Å². The van der Waals surface area contributed by atoms with Crippen LogP contribution in [0, 0.1) is 6.92 Å². The number of aryl methyl sites for hydroxylation is 1. The van der Waals surface area contributed by atoms with Crippen LogP contribution in [-0.4, -0.2) is 66.8 Å². The standard InChI is InChI=1S/C25H33N5O2/c1-20-8-6-11-24-23(19-27-30(20)24)25(31)26-12-4-3-5-13-28-14-16-29(17-15-28)21-9-7-10-22(18-21)32-2/h6-11,18-19H,3-5,12-17H2,1-2H3,(H,26,31). The molecular weight excluding hydrogens is 402 g/mol. The van der Waals surface area contributed by atoms with Crippen molar-refractivity contribution in [2.45, 2.75) is 26.2 Å². The molecule has 0 unspecified atom stereocenters. The number of methoxy groups -OCH3 is 1. The van der Waals surface area contributed by atoms with E-state index in [-0.39, 0.29) is 5.91 Å². The van der Waals surface area contributed by atoms with Gasteiger partial charge in [0.25, 0.3) is 5.91 Å². The number of hydrogen-bond donors (Lipinski definition) is 1. The van der Waals surface area contributed by atoms with Crippen LogP contribution in [0.4, 0.5) is 5.69 Å². The average molecular weight is 436 g/mol. The third kappa shape index (κ3) is 5.22. The van der Waals surface area contributed by atoms with Gasteiger partial charge in [-0.2, -0.15) is 5.10 Å². The van der Waals surface area contributed by atoms with Crippen molar-refractivity contribution >= 4 is 17.1 Å². The number of ether oxygens (including phenoxy) is 1. The van der Waals surface area contributed by atoms with Crippen molar-refractivity contribution in [1.82, 2.24) is 19.8 Å². The summed E-state index contributed by atoms with van der Waals surface area (Å²) in [6.07, 6.45) is 4.92. The first-order valence-corrected chi connectivity index (χ1v) is 11.5. The lowest BCUT2D eigenvalue weighted by atomic mass is 10.2. The Balaban J connectivity index is 1.12. The predicted molar refractivity (Wildman–Crippen MR) is 128 cm³/mol. The number of pyridine rings is 1. The highest BCUT2D eigenvalue weighted by molar-refractivity contribution is 6.00. The topological polar surface area (TPSA) is 62.1 Å². The molecule has 2 aromatic heterocycles. The molecule has 7 heteroatoms. The summed E-state index contributed by atoms with van der Waals surface area (Å²) < 4.78 is 7.15. The fraction of sp³-hybridized carbons (Fsp3) is 0.440. The predicted octanol–water partition coefficient (Wildman–Crippen LogP) is 3.37. The highest BCUT2D eigenvalue weighted by Crippen LogP contribution is 2.22. The van der Waals surface area contributed by atoms with Gasteiger partial charge in [-0.3, -0.25) is 9.69 Å². The number of piperazine rings is 1. The van der Waals surface area contributed by atoms with Gasteiger partial charge in [-0.25, -0.2) is 4.52 Å². The summed E-state index contributed by atoms with van der Waals surface area (Å²) in [5.41, 5.74) is 3.75. The number of anilines is 1. The first kappa shape index (κ1) is 22.1. The Bertz CT molecular complexity index is 1040. The number of amides is 1. The van der Waals surface area contributed by atoms with Crippen LogP contribution in [0.25, 0.3) is 5.52 Å². The fourth-order valence-electron chi connectivity index (χ4n) is 4.29. The third-order valence-electron chi connectivity index (χ3n) is 6.20. The minimum atomic E-state index is -0.0423. The van der Waals surface area contributed by atoms with E-state index in [0.29, 0.717) is 12.1 Å². The van der Waals surface area contributed by atoms with Gasteiger partial charge in [0, 0.05) is 50.2 Å². The van der Waals surface area contributed by atoms with Gasteiger partial charge in [0.05, 0.1) is 24.4 Å². The zero-order chi connectivity index (χ0) is 22.3. The number of nitrogens with one attached hydrogen (secondary N) is 1. The lowest BCUT2D eigenvalue weighted by molar-refractivity contribution is 0.0954. The van der Waals surface area contributed by atoms with E-state index in [9.17, 15) is 4.79 Å². The first-order chi connectivity index (χ1) is 15.7. The van der Waals surface area contributed by atoms with Gasteiger partial charge in [-0.15, -0.1) is 0 Å². The number of aromatic nitrogens is 2. The number of carbonyl (C=O) groups excluding carboxylic acids is 1. The van der Waals surface area contributed by atoms with Crippen molar-refractivity contribution < 1.29 is 9.53 Å². The maximum absolute atomic E-state index is 12.5. The molecule has 3 heterocycles. The maximum atomic E-state index is 12.5. The van der Waals surface area contributed by atoms with Crippen molar-refractivity contribution in [2.24, 2.45) is 0 Å². The molecule has 0 bridgehead atoms. The molecular formula is C25H33N5O2. The molecule has 1 amide bonds. The zero-order valence-electron chi connectivity index (χ0n) is 19.1. The van der Waals surface area contributed by atoms with Gasteiger partial charge < -0.3 is 15.0 Å². The van der Waals surface area contributed by atoms with Crippen LogP contribution in [0.5, 0.6) is 5.75 Å². The molecule has 0 atom stereocenters. The van der Waals surface area contributed by atoms with Gasteiger partial charge in [0.1, 0.15) is 5.75 Å². The number of unbranched alkanes of at least 4 members (excludes halogenated alkanes) is 2. The lowest BCUT2D eigenvalue weighted by Crippen LogP contribution is -2.46. The quantitative estimate of drug-likeness (QED) is 0.522. The van der Waals surface area contributed by atoms with E-state index in [0.717, 1.165) is 68.9 Å². The molecule has 4 rings (SSSR count). The van der Waals surface area contributed by atoms with E-state index in [4.69, 9.17) is 4.74 Å². The molecule has 0 radical (unpaired) electrons. The van der Waals surface area contributed by atoms with Gasteiger partial charge >= 0.3 is 0 Å². The van der Waals surface area contributed by atoms with Crippen LogP contribution < -0.4 is 15.0 Å². The molecule has 1 saturated heterocycles. The summed E-state index contributed by atoms with van der Waals surface area (Å²) in [6.45, 7) is 8.06. The number of nitrogens with zero attached hydrogens (tertiary/aromatic N) is 4. The average Bonchev–Trinajstić information content (AvgIpc) is 3.27. The SMILES string of the molecule is COc1cccc(N2CCN(CCCCCNC(=O)c3cnn4c(C)cccc34)CC2)c1. The number of hydrogen-bond acceptors (Lipinski definition) is 5. The van der Waals surface area contributed by atoms with E-state index >= 15 is 0 Å². The first-order valence-electron chi connectivity index (χ1n) is 11.5. The number of fused-ring (bicyclic) bond motifs is 1. The summed E-state index contributed by atoms with van der Waals surface area (Å²) in [7, 11) is 1.71. The molecule has 1 aromatic carbocycles. The van der Waals surface area contributed by atoms with E-state index in [1.165, 1.54) is 5.69 Å². The molecule has 0 aliphatic carbocycles. The molecule has 170 valence electrons. The molecule has 1 aliphatic rings. The molecule has 3 aromatic rings. The second kappa shape index (κ2) is 10.5. The minimum absolute atomic E-state index is 0.0423. The summed E-state index contributed by atoms with van der Waals surface area (Å²) >= 11 is 0. The van der Waals surface area contributed by atoms with E-state index < -0.39 is 0 Å². The minimum Gasteiger partial charge on any atom is -0.497 e. The van der Waals surface area contributed by atoms with Crippen LogP contribution in [0.15, 0.2) is 48.7 Å². The Labute approximate surface area is 190 Å². The number of rotatable bonds is 9. The second-order valence-corrected chi connectivity index (χ2v) is 8.37. The van der Waals surface area contributed by atoms with Gasteiger partial charge in [0.15, 0.2) is 0 Å². The highest BCUT2D eigenvalue weighted by atomic mass is 16.5. The largest absolute Gasteiger partial charge is 0.497 e. The number of carbonyl (C=O) groups is 1. The second-order valence-electron chi connectivity index (χ2n) is 8.37. The van der Waals surface area contributed by atoms with Crippen LogP contribution in [0.3, 0.4) is 0 Å². The lowest BCUT2D eigenvalue weighted by Gasteiger charge is -2.36. The molecule has 1 fully saturated rings. The van der Waals surface area contributed by atoms with Crippen molar-refractivity contribution in [3.63, 3.8) is 0 Å². The van der Waals surface area contributed by atoms with Gasteiger partial charge in [-0.05, 0) is 50.6 Å². The Hall–Kier alpha value is -3.06. The normalized spacial score (nSPS) is 14.6. The summed E-state index contributed by atoms with van der Waals surface area (Å²) in [5.74, 6) is 0.868. The maximum Gasteiger partial charge on any atom is 0.255 e. The Kier molecular flexibility index (Phi) is 7.27. The Morgan fingerprint density at radius 1 is 1.06 bits per heavy atom. The van der Waals surface area contributed by atoms with Crippen molar-refractivity contribution in [1.29, 1.82) is 0 Å². The van der Waals surface area contributed by atoms with E-state index in [1.807, 2.05) is 35.7 Å². The smallest absolute Gasteiger partial charge is 0.255 e.